The zero-order valence-corrected chi connectivity index (χ0v) is 13.0. The van der Waals surface area contributed by atoms with Gasteiger partial charge in [-0.05, 0) is 31.3 Å². The van der Waals surface area contributed by atoms with Gasteiger partial charge >= 0.3 is 0 Å². The van der Waals surface area contributed by atoms with Gasteiger partial charge in [-0.1, -0.05) is 18.5 Å². The van der Waals surface area contributed by atoms with Crippen LogP contribution in [0.4, 0.5) is 0 Å². The Bertz CT molecular complexity index is 506. The zero-order valence-electron chi connectivity index (χ0n) is 11.4. The van der Waals surface area contributed by atoms with Crippen LogP contribution in [0.1, 0.15) is 37.0 Å². The van der Waals surface area contributed by atoms with Crippen LogP contribution in [0.3, 0.4) is 0 Å². The second kappa shape index (κ2) is 7.08. The minimum atomic E-state index is 0.250. The lowest BCUT2D eigenvalue weighted by Gasteiger charge is -2.18. The monoisotopic (exact) mass is 297 g/mol. The predicted molar refractivity (Wildman–Crippen MR) is 82.0 cm³/mol. The number of halogens is 1. The molecule has 19 heavy (non-hydrogen) atoms. The van der Waals surface area contributed by atoms with Crippen LogP contribution in [0.5, 0.6) is 0 Å². The Labute approximate surface area is 123 Å². The SMILES string of the molecule is CCCNC(Cc1nccn1CC)c1sccc1Cl. The highest BCUT2D eigenvalue weighted by atomic mass is 35.5. The Morgan fingerprint density at radius 3 is 2.95 bits per heavy atom. The van der Waals surface area contributed by atoms with E-state index in [-0.39, 0.29) is 6.04 Å². The molecular weight excluding hydrogens is 278 g/mol. The molecular formula is C14H20ClN3S. The van der Waals surface area contributed by atoms with Crippen LogP contribution in [0.2, 0.25) is 5.02 Å². The summed E-state index contributed by atoms with van der Waals surface area (Å²) in [6.07, 6.45) is 5.89. The molecule has 0 amide bonds. The molecule has 0 radical (unpaired) electrons. The molecule has 0 aliphatic carbocycles. The summed E-state index contributed by atoms with van der Waals surface area (Å²) in [5, 5.41) is 6.48. The maximum atomic E-state index is 6.27. The van der Waals surface area contributed by atoms with Crippen LogP contribution in [-0.4, -0.2) is 16.1 Å². The van der Waals surface area contributed by atoms with Crippen LogP contribution in [0.15, 0.2) is 23.8 Å². The van der Waals surface area contributed by atoms with Gasteiger partial charge in [0.15, 0.2) is 0 Å². The molecule has 2 aromatic heterocycles. The topological polar surface area (TPSA) is 29.9 Å². The van der Waals surface area contributed by atoms with Crippen LogP contribution in [-0.2, 0) is 13.0 Å². The number of aryl methyl sites for hydroxylation is 1. The van der Waals surface area contributed by atoms with E-state index in [2.05, 4.69) is 28.7 Å². The van der Waals surface area contributed by atoms with E-state index in [0.29, 0.717) is 0 Å². The summed E-state index contributed by atoms with van der Waals surface area (Å²) in [5.41, 5.74) is 0. The molecule has 104 valence electrons. The molecule has 0 aliphatic heterocycles. The molecule has 2 heterocycles. The summed E-state index contributed by atoms with van der Waals surface area (Å²) in [7, 11) is 0. The van der Waals surface area contributed by atoms with Crippen LogP contribution in [0, 0.1) is 0 Å². The maximum absolute atomic E-state index is 6.27. The molecule has 2 aromatic rings. The molecule has 0 fully saturated rings. The fourth-order valence-electron chi connectivity index (χ4n) is 2.13. The molecule has 0 aromatic carbocycles. The second-order valence-corrected chi connectivity index (χ2v) is 5.83. The van der Waals surface area contributed by atoms with Gasteiger partial charge in [0.05, 0.1) is 11.1 Å². The van der Waals surface area contributed by atoms with Gasteiger partial charge in [-0.25, -0.2) is 4.98 Å². The van der Waals surface area contributed by atoms with E-state index < -0.39 is 0 Å². The third-order valence-corrected chi connectivity index (χ3v) is 4.60. The van der Waals surface area contributed by atoms with Crippen molar-refractivity contribution in [3.63, 3.8) is 0 Å². The Morgan fingerprint density at radius 2 is 2.32 bits per heavy atom. The summed E-state index contributed by atoms with van der Waals surface area (Å²) >= 11 is 7.98. The lowest BCUT2D eigenvalue weighted by Crippen LogP contribution is -2.24. The fourth-order valence-corrected chi connectivity index (χ4v) is 3.40. The molecule has 1 atom stereocenters. The molecule has 5 heteroatoms. The van der Waals surface area contributed by atoms with Crippen LogP contribution < -0.4 is 5.32 Å². The minimum Gasteiger partial charge on any atom is -0.335 e. The minimum absolute atomic E-state index is 0.250. The van der Waals surface area contributed by atoms with E-state index >= 15 is 0 Å². The Morgan fingerprint density at radius 1 is 1.47 bits per heavy atom. The van der Waals surface area contributed by atoms with Crippen LogP contribution >= 0.6 is 22.9 Å². The molecule has 1 unspecified atom stereocenters. The van der Waals surface area contributed by atoms with E-state index in [1.165, 1.54) is 4.88 Å². The molecule has 0 bridgehead atoms. The van der Waals surface area contributed by atoms with E-state index in [4.69, 9.17) is 11.6 Å². The van der Waals surface area contributed by atoms with Crippen LogP contribution in [0.25, 0.3) is 0 Å². The summed E-state index contributed by atoms with van der Waals surface area (Å²) in [5.74, 6) is 1.11. The van der Waals surface area contributed by atoms with E-state index in [1.54, 1.807) is 11.3 Å². The first-order chi connectivity index (χ1) is 9.26. The number of hydrogen-bond donors (Lipinski definition) is 1. The number of aromatic nitrogens is 2. The predicted octanol–water partition coefficient (Wildman–Crippen LogP) is 3.90. The first-order valence-electron chi connectivity index (χ1n) is 6.72. The van der Waals surface area contributed by atoms with Crippen molar-refractivity contribution < 1.29 is 0 Å². The zero-order chi connectivity index (χ0) is 13.7. The standard InChI is InChI=1S/C14H20ClN3S/c1-3-6-16-12(14-11(15)5-9-19-14)10-13-17-7-8-18(13)4-2/h5,7-9,12,16H,3-4,6,10H2,1-2H3. The first kappa shape index (κ1) is 14.6. The number of imidazole rings is 1. The number of nitrogens with one attached hydrogen (secondary N) is 1. The highest BCUT2D eigenvalue weighted by Gasteiger charge is 2.18. The number of thiophene rings is 1. The van der Waals surface area contributed by atoms with Gasteiger partial charge < -0.3 is 9.88 Å². The quantitative estimate of drug-likeness (QED) is 0.840. The third-order valence-electron chi connectivity index (χ3n) is 3.13. The largest absolute Gasteiger partial charge is 0.335 e. The lowest BCUT2D eigenvalue weighted by molar-refractivity contribution is 0.513. The highest BCUT2D eigenvalue weighted by molar-refractivity contribution is 7.10. The molecule has 0 saturated carbocycles. The molecule has 0 aliphatic rings. The van der Waals surface area contributed by atoms with E-state index in [9.17, 15) is 0 Å². The maximum Gasteiger partial charge on any atom is 0.110 e. The molecule has 2 rings (SSSR count). The van der Waals surface area contributed by atoms with Crippen molar-refractivity contribution in [2.24, 2.45) is 0 Å². The average Bonchev–Trinajstić information content (AvgIpc) is 3.03. The van der Waals surface area contributed by atoms with E-state index in [1.807, 2.05) is 23.8 Å². The normalized spacial score (nSPS) is 12.8. The molecule has 0 saturated heterocycles. The van der Waals surface area contributed by atoms with Gasteiger partial charge in [0, 0.05) is 30.2 Å². The molecule has 0 spiro atoms. The Hall–Kier alpha value is -0.840. The Balaban J connectivity index is 2.17. The second-order valence-electron chi connectivity index (χ2n) is 4.47. The first-order valence-corrected chi connectivity index (χ1v) is 7.98. The van der Waals surface area contributed by atoms with Crippen molar-refractivity contribution >= 4 is 22.9 Å². The van der Waals surface area contributed by atoms with E-state index in [0.717, 1.165) is 36.8 Å². The van der Waals surface area contributed by atoms with Gasteiger partial charge in [0.2, 0.25) is 0 Å². The fraction of sp³-hybridized carbons (Fsp3) is 0.500. The summed E-state index contributed by atoms with van der Waals surface area (Å²) in [4.78, 5) is 5.67. The van der Waals surface area contributed by atoms with Crippen molar-refractivity contribution in [3.8, 4) is 0 Å². The Kier molecular flexibility index (Phi) is 5.43. The van der Waals surface area contributed by atoms with Crippen molar-refractivity contribution in [3.05, 3.63) is 39.6 Å². The number of nitrogens with zero attached hydrogens (tertiary/aromatic N) is 2. The summed E-state index contributed by atoms with van der Waals surface area (Å²) in [6, 6.07) is 2.22. The molecule has 1 N–H and O–H groups in total. The number of rotatable bonds is 7. The van der Waals surface area contributed by atoms with Gasteiger partial charge in [-0.15, -0.1) is 11.3 Å². The van der Waals surface area contributed by atoms with Gasteiger partial charge in [0.25, 0.3) is 0 Å². The summed E-state index contributed by atoms with van der Waals surface area (Å²) < 4.78 is 2.18. The van der Waals surface area contributed by atoms with Gasteiger partial charge in [-0.3, -0.25) is 0 Å². The van der Waals surface area contributed by atoms with Gasteiger partial charge in [0.1, 0.15) is 5.82 Å². The smallest absolute Gasteiger partial charge is 0.110 e. The van der Waals surface area contributed by atoms with Crippen molar-refractivity contribution in [2.45, 2.75) is 39.3 Å². The molecule has 3 nitrogen and oxygen atoms in total. The highest BCUT2D eigenvalue weighted by Crippen LogP contribution is 2.30. The van der Waals surface area contributed by atoms with Gasteiger partial charge in [-0.2, -0.15) is 0 Å². The van der Waals surface area contributed by atoms with Crippen molar-refractivity contribution in [1.29, 1.82) is 0 Å². The van der Waals surface area contributed by atoms with Crippen molar-refractivity contribution in [1.82, 2.24) is 14.9 Å². The summed E-state index contributed by atoms with van der Waals surface area (Å²) in [6.45, 7) is 6.25. The number of hydrogen-bond acceptors (Lipinski definition) is 3. The lowest BCUT2D eigenvalue weighted by atomic mass is 10.1. The third kappa shape index (κ3) is 3.59. The average molecular weight is 298 g/mol. The van der Waals surface area contributed by atoms with Crippen molar-refractivity contribution in [2.75, 3.05) is 6.54 Å².